The summed E-state index contributed by atoms with van der Waals surface area (Å²) in [6, 6.07) is 28.7. The lowest BCUT2D eigenvalue weighted by molar-refractivity contribution is -0.127. The Kier molecular flexibility index (Phi) is 6.84. The largest absolute Gasteiger partial charge is 0.349 e. The molecule has 2 heterocycles. The maximum Gasteiger partial charge on any atom is 0.223 e. The monoisotopic (exact) mass is 491 g/mol. The number of piperidine rings is 1. The summed E-state index contributed by atoms with van der Waals surface area (Å²) in [6.07, 6.45) is 5.18. The maximum absolute atomic E-state index is 13.2. The number of aryl methyl sites for hydroxylation is 2. The van der Waals surface area contributed by atoms with Crippen molar-refractivity contribution >= 4 is 16.8 Å². The highest BCUT2D eigenvalue weighted by Crippen LogP contribution is 2.31. The summed E-state index contributed by atoms with van der Waals surface area (Å²) in [5.74, 6) is 0.360. The van der Waals surface area contributed by atoms with Gasteiger partial charge in [0.05, 0.1) is 6.04 Å². The van der Waals surface area contributed by atoms with Crippen molar-refractivity contribution < 1.29 is 4.79 Å². The minimum absolute atomic E-state index is 0.115. The third-order valence-electron chi connectivity index (χ3n) is 8.39. The van der Waals surface area contributed by atoms with Crippen LogP contribution in [0.1, 0.15) is 59.7 Å². The fourth-order valence-electron chi connectivity index (χ4n) is 6.24. The Morgan fingerprint density at radius 3 is 2.49 bits per heavy atom. The number of nitrogens with zero attached hydrogens (tertiary/aromatic N) is 2. The van der Waals surface area contributed by atoms with Gasteiger partial charge in [-0.25, -0.2) is 0 Å². The van der Waals surface area contributed by atoms with E-state index in [1.54, 1.807) is 0 Å². The highest BCUT2D eigenvalue weighted by molar-refractivity contribution is 5.81. The molecule has 1 amide bonds. The molecule has 0 radical (unpaired) electrons. The molecule has 1 aromatic heterocycles. The molecule has 1 aliphatic heterocycles. The fraction of sp³-hybridized carbons (Fsp3) is 0.364. The van der Waals surface area contributed by atoms with Gasteiger partial charge in [0.2, 0.25) is 5.91 Å². The number of para-hydroxylation sites is 1. The molecule has 0 bridgehead atoms. The molecule has 1 aliphatic carbocycles. The molecule has 2 aliphatic rings. The zero-order valence-corrected chi connectivity index (χ0v) is 21.8. The van der Waals surface area contributed by atoms with E-state index in [1.807, 2.05) is 0 Å². The molecule has 1 atom stereocenters. The van der Waals surface area contributed by atoms with Crippen molar-refractivity contribution in [3.05, 3.63) is 107 Å². The highest BCUT2D eigenvalue weighted by Gasteiger charge is 2.29. The number of hydrogen-bond acceptors (Lipinski definition) is 2. The first-order chi connectivity index (χ1) is 18.1. The number of nitrogens with one attached hydrogen (secondary N) is 1. The van der Waals surface area contributed by atoms with E-state index in [4.69, 9.17) is 0 Å². The lowest BCUT2D eigenvalue weighted by atomic mass is 9.87. The molecule has 1 fully saturated rings. The van der Waals surface area contributed by atoms with Gasteiger partial charge in [-0.15, -0.1) is 0 Å². The van der Waals surface area contributed by atoms with Gasteiger partial charge in [0.15, 0.2) is 0 Å². The molecule has 0 spiro atoms. The summed E-state index contributed by atoms with van der Waals surface area (Å²) in [5, 5.41) is 4.70. The van der Waals surface area contributed by atoms with Crippen LogP contribution in [0.15, 0.2) is 78.9 Å². The highest BCUT2D eigenvalue weighted by atomic mass is 16.1. The van der Waals surface area contributed by atoms with Crippen molar-refractivity contribution in [2.45, 2.75) is 58.2 Å². The molecule has 0 saturated carbocycles. The molecule has 4 heteroatoms. The quantitative estimate of drug-likeness (QED) is 0.339. The standard InChI is InChI=1S/C33H37N3O/c1-24-13-15-25(16-14-24)22-36-29(21-28-8-3-5-12-32(28)36)23-35-19-17-27(18-20-35)33(37)34-31-11-6-9-26-7-2-4-10-30(26)31/h2-5,7-8,10,12-16,21,27,31H,6,9,11,17-20,22-23H2,1H3,(H,34,37)/t31-/m0/s1. The minimum Gasteiger partial charge on any atom is -0.349 e. The van der Waals surface area contributed by atoms with Crippen LogP contribution in [0.3, 0.4) is 0 Å². The van der Waals surface area contributed by atoms with Gasteiger partial charge in [0.25, 0.3) is 0 Å². The third kappa shape index (κ3) is 5.21. The topological polar surface area (TPSA) is 37.3 Å². The SMILES string of the molecule is Cc1ccc(Cn2c(CN3CCC(C(=O)N[C@H]4CCCc5ccccc54)CC3)cc3ccccc32)cc1. The average molecular weight is 492 g/mol. The summed E-state index contributed by atoms with van der Waals surface area (Å²) in [5.41, 5.74) is 7.98. The summed E-state index contributed by atoms with van der Waals surface area (Å²) in [4.78, 5) is 15.7. The number of rotatable bonds is 6. The van der Waals surface area contributed by atoms with E-state index in [0.717, 1.165) is 58.3 Å². The Bertz CT molecular complexity index is 1380. The Morgan fingerprint density at radius 1 is 0.892 bits per heavy atom. The van der Waals surface area contributed by atoms with E-state index in [2.05, 4.69) is 101 Å². The average Bonchev–Trinajstić information content (AvgIpc) is 3.27. The van der Waals surface area contributed by atoms with Gasteiger partial charge in [-0.3, -0.25) is 9.69 Å². The van der Waals surface area contributed by atoms with Crippen LogP contribution < -0.4 is 5.32 Å². The summed E-state index contributed by atoms with van der Waals surface area (Å²) in [6.45, 7) is 5.87. The van der Waals surface area contributed by atoms with Gasteiger partial charge in [-0.2, -0.15) is 0 Å². The summed E-state index contributed by atoms with van der Waals surface area (Å²) < 4.78 is 2.47. The molecular weight excluding hydrogens is 454 g/mol. The molecule has 1 N–H and O–H groups in total. The number of carbonyl (C=O) groups excluding carboxylic acids is 1. The lowest BCUT2D eigenvalue weighted by Gasteiger charge is -2.33. The van der Waals surface area contributed by atoms with Crippen molar-refractivity contribution in [2.75, 3.05) is 13.1 Å². The minimum atomic E-state index is 0.115. The normalized spacial score (nSPS) is 18.6. The van der Waals surface area contributed by atoms with Crippen molar-refractivity contribution in [3.63, 3.8) is 0 Å². The van der Waals surface area contributed by atoms with E-state index in [1.165, 1.54) is 38.9 Å². The first kappa shape index (κ1) is 24.0. The van der Waals surface area contributed by atoms with Crippen molar-refractivity contribution in [2.24, 2.45) is 5.92 Å². The molecule has 1 saturated heterocycles. The first-order valence-corrected chi connectivity index (χ1v) is 13.9. The maximum atomic E-state index is 13.2. The predicted octanol–water partition coefficient (Wildman–Crippen LogP) is 6.40. The van der Waals surface area contributed by atoms with Gasteiger partial charge >= 0.3 is 0 Å². The number of amides is 1. The van der Waals surface area contributed by atoms with Crippen LogP contribution in [0.2, 0.25) is 0 Å². The van der Waals surface area contributed by atoms with Gasteiger partial charge in [-0.05, 0) is 86.3 Å². The zero-order chi connectivity index (χ0) is 25.2. The van der Waals surface area contributed by atoms with Crippen LogP contribution in [-0.2, 0) is 24.3 Å². The lowest BCUT2D eigenvalue weighted by Crippen LogP contribution is -2.42. The van der Waals surface area contributed by atoms with E-state index in [9.17, 15) is 4.79 Å². The van der Waals surface area contributed by atoms with E-state index >= 15 is 0 Å². The van der Waals surface area contributed by atoms with Gasteiger partial charge in [-0.1, -0.05) is 72.3 Å². The second kappa shape index (κ2) is 10.5. The summed E-state index contributed by atoms with van der Waals surface area (Å²) >= 11 is 0. The summed E-state index contributed by atoms with van der Waals surface area (Å²) in [7, 11) is 0. The number of aromatic nitrogens is 1. The van der Waals surface area contributed by atoms with Crippen LogP contribution in [0.4, 0.5) is 0 Å². The van der Waals surface area contributed by atoms with Crippen molar-refractivity contribution in [3.8, 4) is 0 Å². The van der Waals surface area contributed by atoms with E-state index < -0.39 is 0 Å². The molecule has 6 rings (SSSR count). The fourth-order valence-corrected chi connectivity index (χ4v) is 6.24. The molecule has 190 valence electrons. The Morgan fingerprint density at radius 2 is 1.65 bits per heavy atom. The van der Waals surface area contributed by atoms with Crippen LogP contribution in [-0.4, -0.2) is 28.5 Å². The van der Waals surface area contributed by atoms with Gasteiger partial charge < -0.3 is 9.88 Å². The first-order valence-electron chi connectivity index (χ1n) is 13.9. The van der Waals surface area contributed by atoms with Gasteiger partial charge in [0, 0.05) is 30.2 Å². The van der Waals surface area contributed by atoms with Gasteiger partial charge in [0.1, 0.15) is 0 Å². The van der Waals surface area contributed by atoms with Crippen molar-refractivity contribution in [1.29, 1.82) is 0 Å². The Balaban J connectivity index is 1.11. The number of benzene rings is 3. The molecular formula is C33H37N3O. The number of likely N-dealkylation sites (tertiary alicyclic amines) is 1. The number of fused-ring (bicyclic) bond motifs is 2. The zero-order valence-electron chi connectivity index (χ0n) is 21.8. The molecule has 4 nitrogen and oxygen atoms in total. The predicted molar refractivity (Wildman–Crippen MR) is 150 cm³/mol. The second-order valence-electron chi connectivity index (χ2n) is 11.0. The number of carbonyl (C=O) groups is 1. The van der Waals surface area contributed by atoms with Crippen LogP contribution >= 0.6 is 0 Å². The van der Waals surface area contributed by atoms with Crippen LogP contribution in [0, 0.1) is 12.8 Å². The molecule has 37 heavy (non-hydrogen) atoms. The Hall–Kier alpha value is -3.37. The van der Waals surface area contributed by atoms with E-state index in [-0.39, 0.29) is 17.9 Å². The second-order valence-corrected chi connectivity index (χ2v) is 11.0. The molecule has 3 aromatic carbocycles. The van der Waals surface area contributed by atoms with E-state index in [0.29, 0.717) is 0 Å². The smallest absolute Gasteiger partial charge is 0.223 e. The van der Waals surface area contributed by atoms with Crippen LogP contribution in [0.5, 0.6) is 0 Å². The number of hydrogen-bond donors (Lipinski definition) is 1. The molecule has 4 aromatic rings. The molecule has 0 unspecified atom stereocenters. The third-order valence-corrected chi connectivity index (χ3v) is 8.39. The van der Waals surface area contributed by atoms with Crippen molar-refractivity contribution in [1.82, 2.24) is 14.8 Å². The Labute approximate surface area is 220 Å². The van der Waals surface area contributed by atoms with Crippen LogP contribution in [0.25, 0.3) is 10.9 Å².